The molecule has 2 nitrogen and oxygen atoms in total. The van der Waals surface area contributed by atoms with E-state index in [1.165, 1.54) is 16.0 Å². The number of nitrogens with one attached hydrogen (secondary N) is 1. The third kappa shape index (κ3) is 3.88. The molecule has 1 N–H and O–H groups in total. The minimum Gasteiger partial charge on any atom is -0.305 e. The lowest BCUT2D eigenvalue weighted by molar-refractivity contribution is 0.412. The van der Waals surface area contributed by atoms with Crippen molar-refractivity contribution in [2.45, 2.75) is 39.8 Å². The second kappa shape index (κ2) is 6.83. The molecule has 0 aliphatic carbocycles. The van der Waals surface area contributed by atoms with Crippen LogP contribution in [0.4, 0.5) is 0 Å². The molecular weight excluding hydrogens is 252 g/mol. The smallest absolute Gasteiger partial charge is 0.0794 e. The molecule has 1 atom stereocenters. The van der Waals surface area contributed by atoms with Crippen LogP contribution in [0.2, 0.25) is 0 Å². The highest BCUT2D eigenvalue weighted by atomic mass is 32.1. The van der Waals surface area contributed by atoms with Crippen molar-refractivity contribution in [3.8, 4) is 0 Å². The number of rotatable bonds is 6. The fourth-order valence-corrected chi connectivity index (χ4v) is 2.78. The monoisotopic (exact) mass is 274 g/mol. The topological polar surface area (TPSA) is 24.9 Å². The van der Waals surface area contributed by atoms with E-state index in [1.807, 2.05) is 11.7 Å². The van der Waals surface area contributed by atoms with Crippen molar-refractivity contribution in [1.82, 2.24) is 10.3 Å². The molecule has 1 aromatic heterocycles. The first-order valence-corrected chi connectivity index (χ1v) is 7.78. The van der Waals surface area contributed by atoms with Gasteiger partial charge in [-0.25, -0.2) is 0 Å². The first-order chi connectivity index (χ1) is 9.20. The maximum absolute atomic E-state index is 4.12. The normalized spacial score (nSPS) is 12.8. The van der Waals surface area contributed by atoms with Gasteiger partial charge in [-0.2, -0.15) is 0 Å². The van der Waals surface area contributed by atoms with Crippen molar-refractivity contribution < 1.29 is 0 Å². The third-order valence-electron chi connectivity index (χ3n) is 3.39. The van der Waals surface area contributed by atoms with E-state index in [9.17, 15) is 0 Å². The molecule has 2 rings (SSSR count). The molecule has 0 radical (unpaired) electrons. The number of nitrogens with zero attached hydrogens (tertiary/aromatic N) is 1. The SMILES string of the molecule is CCc1ccc(C(NCc2cncs2)C(C)C)cc1. The fraction of sp³-hybridized carbons (Fsp3) is 0.438. The summed E-state index contributed by atoms with van der Waals surface area (Å²) in [5.41, 5.74) is 4.66. The van der Waals surface area contributed by atoms with Crippen molar-refractivity contribution in [3.05, 3.63) is 52.0 Å². The lowest BCUT2D eigenvalue weighted by atomic mass is 9.95. The molecule has 0 amide bonds. The first kappa shape index (κ1) is 14.2. The Kier molecular flexibility index (Phi) is 5.11. The van der Waals surface area contributed by atoms with Crippen molar-refractivity contribution in [2.24, 2.45) is 5.92 Å². The van der Waals surface area contributed by atoms with Gasteiger partial charge in [0, 0.05) is 23.7 Å². The Hall–Kier alpha value is -1.19. The van der Waals surface area contributed by atoms with Gasteiger partial charge in [0.05, 0.1) is 5.51 Å². The Balaban J connectivity index is 2.06. The van der Waals surface area contributed by atoms with E-state index < -0.39 is 0 Å². The van der Waals surface area contributed by atoms with Gasteiger partial charge < -0.3 is 5.32 Å². The zero-order chi connectivity index (χ0) is 13.7. The van der Waals surface area contributed by atoms with E-state index in [0.29, 0.717) is 12.0 Å². The highest BCUT2D eigenvalue weighted by molar-refractivity contribution is 7.09. The quantitative estimate of drug-likeness (QED) is 0.854. The predicted molar refractivity (Wildman–Crippen MR) is 82.4 cm³/mol. The Bertz CT molecular complexity index is 474. The number of aryl methyl sites for hydroxylation is 1. The number of thiazole rings is 1. The molecule has 0 aliphatic heterocycles. The van der Waals surface area contributed by atoms with Gasteiger partial charge in [0.2, 0.25) is 0 Å². The highest BCUT2D eigenvalue weighted by Gasteiger charge is 2.15. The summed E-state index contributed by atoms with van der Waals surface area (Å²) in [4.78, 5) is 5.41. The lowest BCUT2D eigenvalue weighted by Crippen LogP contribution is -2.25. The van der Waals surface area contributed by atoms with Gasteiger partial charge in [-0.3, -0.25) is 4.98 Å². The molecule has 0 saturated carbocycles. The van der Waals surface area contributed by atoms with Gasteiger partial charge in [0.1, 0.15) is 0 Å². The molecule has 1 unspecified atom stereocenters. The van der Waals surface area contributed by atoms with Gasteiger partial charge in [0.15, 0.2) is 0 Å². The Morgan fingerprint density at radius 2 is 1.95 bits per heavy atom. The Morgan fingerprint density at radius 1 is 1.21 bits per heavy atom. The standard InChI is InChI=1S/C16H22N2S/c1-4-13-5-7-14(8-6-13)16(12(2)3)18-10-15-9-17-11-19-15/h5-9,11-12,16,18H,4,10H2,1-3H3. The summed E-state index contributed by atoms with van der Waals surface area (Å²) in [6, 6.07) is 9.37. The summed E-state index contributed by atoms with van der Waals surface area (Å²) in [7, 11) is 0. The molecule has 0 fully saturated rings. The van der Waals surface area contributed by atoms with E-state index in [-0.39, 0.29) is 0 Å². The zero-order valence-corrected chi connectivity index (χ0v) is 12.7. The molecule has 0 bridgehead atoms. The lowest BCUT2D eigenvalue weighted by Gasteiger charge is -2.23. The molecule has 0 spiro atoms. The molecule has 1 aromatic carbocycles. The van der Waals surface area contributed by atoms with Crippen LogP contribution < -0.4 is 5.32 Å². The number of aromatic nitrogens is 1. The summed E-state index contributed by atoms with van der Waals surface area (Å²) in [5.74, 6) is 0.570. The maximum atomic E-state index is 4.12. The van der Waals surface area contributed by atoms with Gasteiger partial charge in [-0.15, -0.1) is 11.3 Å². The second-order valence-electron chi connectivity index (χ2n) is 5.17. The molecule has 1 heterocycles. The van der Waals surface area contributed by atoms with Gasteiger partial charge in [-0.1, -0.05) is 45.0 Å². The Morgan fingerprint density at radius 3 is 2.47 bits per heavy atom. The summed E-state index contributed by atoms with van der Waals surface area (Å²) >= 11 is 1.70. The molecular formula is C16H22N2S. The number of benzene rings is 1. The van der Waals surface area contributed by atoms with Crippen LogP contribution in [0.25, 0.3) is 0 Å². The van der Waals surface area contributed by atoms with Crippen LogP contribution in [0.1, 0.15) is 42.8 Å². The molecule has 102 valence electrons. The number of hydrogen-bond donors (Lipinski definition) is 1. The van der Waals surface area contributed by atoms with E-state index >= 15 is 0 Å². The number of hydrogen-bond acceptors (Lipinski definition) is 3. The van der Waals surface area contributed by atoms with Gasteiger partial charge in [-0.05, 0) is 23.5 Å². The predicted octanol–water partition coefficient (Wildman–Crippen LogP) is 4.19. The molecule has 0 saturated heterocycles. The van der Waals surface area contributed by atoms with Crippen molar-refractivity contribution in [3.63, 3.8) is 0 Å². The highest BCUT2D eigenvalue weighted by Crippen LogP contribution is 2.23. The van der Waals surface area contributed by atoms with Crippen molar-refractivity contribution >= 4 is 11.3 Å². The Labute approximate surface area is 119 Å². The van der Waals surface area contributed by atoms with Crippen LogP contribution in [0.3, 0.4) is 0 Å². The van der Waals surface area contributed by atoms with E-state index in [2.05, 4.69) is 55.3 Å². The second-order valence-corrected chi connectivity index (χ2v) is 6.14. The van der Waals surface area contributed by atoms with Crippen LogP contribution in [-0.2, 0) is 13.0 Å². The van der Waals surface area contributed by atoms with E-state index in [1.54, 1.807) is 11.3 Å². The summed E-state index contributed by atoms with van der Waals surface area (Å²) in [6.45, 7) is 7.61. The minimum atomic E-state index is 0.396. The maximum Gasteiger partial charge on any atom is 0.0794 e. The van der Waals surface area contributed by atoms with Crippen molar-refractivity contribution in [1.29, 1.82) is 0 Å². The van der Waals surface area contributed by atoms with Gasteiger partial charge in [0.25, 0.3) is 0 Å². The average molecular weight is 274 g/mol. The molecule has 19 heavy (non-hydrogen) atoms. The molecule has 3 heteroatoms. The van der Waals surface area contributed by atoms with Crippen LogP contribution in [-0.4, -0.2) is 4.98 Å². The summed E-state index contributed by atoms with van der Waals surface area (Å²) < 4.78 is 0. The van der Waals surface area contributed by atoms with Crippen LogP contribution in [0.15, 0.2) is 36.0 Å². The minimum absolute atomic E-state index is 0.396. The van der Waals surface area contributed by atoms with Crippen LogP contribution >= 0.6 is 11.3 Å². The van der Waals surface area contributed by atoms with Crippen LogP contribution in [0, 0.1) is 5.92 Å². The van der Waals surface area contributed by atoms with Crippen molar-refractivity contribution in [2.75, 3.05) is 0 Å². The zero-order valence-electron chi connectivity index (χ0n) is 11.9. The van der Waals surface area contributed by atoms with Gasteiger partial charge >= 0.3 is 0 Å². The first-order valence-electron chi connectivity index (χ1n) is 6.90. The third-order valence-corrected chi connectivity index (χ3v) is 4.17. The largest absolute Gasteiger partial charge is 0.305 e. The average Bonchev–Trinajstić information content (AvgIpc) is 2.92. The van der Waals surface area contributed by atoms with Crippen LogP contribution in [0.5, 0.6) is 0 Å². The summed E-state index contributed by atoms with van der Waals surface area (Å²) in [6.07, 6.45) is 3.04. The molecule has 0 aliphatic rings. The molecule has 2 aromatic rings. The van der Waals surface area contributed by atoms with E-state index in [4.69, 9.17) is 0 Å². The fourth-order valence-electron chi connectivity index (χ4n) is 2.24. The summed E-state index contributed by atoms with van der Waals surface area (Å²) in [5, 5.41) is 3.65. The van der Waals surface area contributed by atoms with E-state index in [0.717, 1.165) is 13.0 Å².